The molecule has 3 aromatic carbocycles. The zero-order valence-electron chi connectivity index (χ0n) is 26.2. The molecule has 14 heteroatoms. The van der Waals surface area contributed by atoms with Gasteiger partial charge in [-0.1, -0.05) is 60.7 Å². The van der Waals surface area contributed by atoms with E-state index in [-0.39, 0.29) is 76.1 Å². The number of amides is 2. The zero-order chi connectivity index (χ0) is 33.4. The van der Waals surface area contributed by atoms with E-state index in [1.54, 1.807) is 0 Å². The summed E-state index contributed by atoms with van der Waals surface area (Å²) in [6.07, 6.45) is -1.03. The number of carbonyl (C=O) groups excluding carboxylic acids is 2. The normalized spacial score (nSPS) is 17.9. The fourth-order valence-corrected chi connectivity index (χ4v) is 7.06. The van der Waals surface area contributed by atoms with Crippen LogP contribution in [0, 0.1) is 11.6 Å². The zero-order valence-corrected chi connectivity index (χ0v) is 27.1. The van der Waals surface area contributed by atoms with Crippen LogP contribution in [0.25, 0.3) is 0 Å². The molecule has 0 saturated carbocycles. The number of ether oxygens (including phenoxy) is 2. The van der Waals surface area contributed by atoms with E-state index in [4.69, 9.17) is 23.0 Å². The van der Waals surface area contributed by atoms with Crippen molar-refractivity contribution in [2.45, 2.75) is 44.7 Å². The number of phosphoric acid groups is 1. The highest BCUT2D eigenvalue weighted by atomic mass is 31.2. The predicted octanol–water partition coefficient (Wildman–Crippen LogP) is 5.97. The van der Waals surface area contributed by atoms with Gasteiger partial charge < -0.3 is 19.7 Å². The van der Waals surface area contributed by atoms with Crippen LogP contribution in [0.3, 0.4) is 0 Å². The van der Waals surface area contributed by atoms with E-state index >= 15 is 8.78 Å². The van der Waals surface area contributed by atoms with Gasteiger partial charge in [-0.15, -0.1) is 0 Å². The molecule has 2 saturated heterocycles. The van der Waals surface area contributed by atoms with Gasteiger partial charge in [-0.25, -0.2) is 18.1 Å². The number of rotatable bonds is 14. The highest BCUT2D eigenvalue weighted by Gasteiger charge is 2.45. The Hall–Kier alpha value is -3.87. The molecule has 47 heavy (non-hydrogen) atoms. The number of hydrogen-bond acceptors (Lipinski definition) is 9. The lowest BCUT2D eigenvalue weighted by Gasteiger charge is -2.42. The van der Waals surface area contributed by atoms with E-state index in [0.717, 1.165) is 28.2 Å². The lowest BCUT2D eigenvalue weighted by atomic mass is 9.92. The van der Waals surface area contributed by atoms with E-state index < -0.39 is 37.3 Å². The summed E-state index contributed by atoms with van der Waals surface area (Å²) in [5.74, 6) is -2.01. The molecular formula is C33H38F2N3O8P. The van der Waals surface area contributed by atoms with Crippen molar-refractivity contribution in [1.82, 2.24) is 5.32 Å². The lowest BCUT2D eigenvalue weighted by Crippen LogP contribution is -2.49. The van der Waals surface area contributed by atoms with Gasteiger partial charge in [0.2, 0.25) is 5.91 Å². The molecule has 0 spiro atoms. The van der Waals surface area contributed by atoms with E-state index in [2.05, 4.69) is 5.32 Å². The quantitative estimate of drug-likeness (QED) is 0.207. The number of hydrogen-bond donors (Lipinski definition) is 1. The average molecular weight is 674 g/mol. The molecule has 5 rings (SSSR count). The maximum absolute atomic E-state index is 15.5. The van der Waals surface area contributed by atoms with Crippen molar-refractivity contribution in [2.75, 3.05) is 49.7 Å². The van der Waals surface area contributed by atoms with Gasteiger partial charge in [0, 0.05) is 39.3 Å². The summed E-state index contributed by atoms with van der Waals surface area (Å²) in [6, 6.07) is 20.5. The molecule has 252 valence electrons. The van der Waals surface area contributed by atoms with Crippen molar-refractivity contribution < 1.29 is 46.0 Å². The van der Waals surface area contributed by atoms with Crippen LogP contribution in [0.4, 0.5) is 25.0 Å². The molecule has 0 bridgehead atoms. The second-order valence-corrected chi connectivity index (χ2v) is 13.1. The van der Waals surface area contributed by atoms with Crippen molar-refractivity contribution in [3.05, 3.63) is 95.6 Å². The predicted molar refractivity (Wildman–Crippen MR) is 170 cm³/mol. The first kappa shape index (κ1) is 34.5. The molecule has 2 heterocycles. The van der Waals surface area contributed by atoms with Gasteiger partial charge in [0.15, 0.2) is 11.6 Å². The molecule has 2 amide bonds. The fraction of sp³-hybridized carbons (Fsp3) is 0.394. The monoisotopic (exact) mass is 673 g/mol. The highest BCUT2D eigenvalue weighted by molar-refractivity contribution is 7.48. The summed E-state index contributed by atoms with van der Waals surface area (Å²) in [4.78, 5) is 26.3. The maximum atomic E-state index is 15.5. The Labute approximate surface area is 272 Å². The third-order valence-corrected chi connectivity index (χ3v) is 9.44. The largest absolute Gasteiger partial charge is 0.476 e. The molecule has 11 nitrogen and oxygen atoms in total. The lowest BCUT2D eigenvalue weighted by molar-refractivity contribution is -0.119. The van der Waals surface area contributed by atoms with Crippen molar-refractivity contribution in [3.63, 3.8) is 0 Å². The molecular weight excluding hydrogens is 635 g/mol. The number of methoxy groups -OCH3 is 1. The van der Waals surface area contributed by atoms with Crippen LogP contribution in [0.1, 0.15) is 30.9 Å². The Kier molecular flexibility index (Phi) is 11.3. The van der Waals surface area contributed by atoms with Gasteiger partial charge in [-0.2, -0.15) is 0 Å². The third kappa shape index (κ3) is 8.94. The Balaban J connectivity index is 1.29. The summed E-state index contributed by atoms with van der Waals surface area (Å²) >= 11 is 0. The minimum Gasteiger partial charge on any atom is -0.442 e. The van der Waals surface area contributed by atoms with E-state index in [1.165, 1.54) is 18.9 Å². The first-order valence-electron chi connectivity index (χ1n) is 15.2. The number of benzene rings is 3. The molecule has 0 radical (unpaired) electrons. The summed E-state index contributed by atoms with van der Waals surface area (Å²) < 4.78 is 73.7. The maximum Gasteiger partial charge on any atom is 0.476 e. The van der Waals surface area contributed by atoms with Crippen molar-refractivity contribution >= 4 is 31.2 Å². The molecule has 0 unspecified atom stereocenters. The minimum atomic E-state index is -4.18. The van der Waals surface area contributed by atoms with Crippen LogP contribution in [0.15, 0.2) is 72.8 Å². The Bertz CT molecular complexity index is 1500. The first-order valence-corrected chi connectivity index (χ1v) is 16.7. The molecule has 0 aromatic heterocycles. The molecule has 1 N–H and O–H groups in total. The number of halogens is 2. The number of nitrogens with zero attached hydrogens (tertiary/aromatic N) is 2. The van der Waals surface area contributed by atoms with E-state index in [1.807, 2.05) is 60.7 Å². The number of anilines is 2. The summed E-state index contributed by atoms with van der Waals surface area (Å²) in [7, 11) is -2.70. The summed E-state index contributed by atoms with van der Waals surface area (Å²) in [6.45, 7) is 1.71. The van der Waals surface area contributed by atoms with Gasteiger partial charge in [-0.05, 0) is 24.0 Å². The average Bonchev–Trinajstić information content (AvgIpc) is 3.44. The van der Waals surface area contributed by atoms with Crippen LogP contribution in [0.2, 0.25) is 0 Å². The van der Waals surface area contributed by atoms with Gasteiger partial charge >= 0.3 is 13.9 Å². The van der Waals surface area contributed by atoms with Crippen LogP contribution in [0.5, 0.6) is 0 Å². The Morgan fingerprint density at radius 2 is 1.53 bits per heavy atom. The number of nitrogens with one attached hydrogen (secondary N) is 1. The van der Waals surface area contributed by atoms with Crippen molar-refractivity contribution in [3.8, 4) is 0 Å². The smallest absolute Gasteiger partial charge is 0.442 e. The second kappa shape index (κ2) is 15.4. The fourth-order valence-electron chi connectivity index (χ4n) is 5.55. The van der Waals surface area contributed by atoms with E-state index in [0.29, 0.717) is 0 Å². The summed E-state index contributed by atoms with van der Waals surface area (Å²) in [5, 5.41) is 2.56. The molecule has 2 aliphatic heterocycles. The number of piperidine rings is 1. The van der Waals surface area contributed by atoms with Crippen LogP contribution < -0.4 is 15.1 Å². The second-order valence-electron chi connectivity index (χ2n) is 11.5. The molecule has 0 aliphatic carbocycles. The van der Waals surface area contributed by atoms with Crippen LogP contribution >= 0.6 is 7.82 Å². The minimum absolute atomic E-state index is 0.000200. The SMILES string of the molecule is COCC1(OP(=O)(OCc2ccccc2)OCc2ccccc2)CCN(c2c(F)cc(N3C[C@H](CNC(C)=O)OC3=O)cc2F)CC1. The van der Waals surface area contributed by atoms with Gasteiger partial charge in [0.05, 0.1) is 38.6 Å². The standard InChI is InChI=1S/C33H38F2N3O8P/c1-24(39)36-19-28-20-38(32(40)45-28)27-17-29(34)31(30(35)18-27)37-15-13-33(14-16-37,23-42-2)46-47(41,43-21-25-9-5-3-6-10-25)44-22-26-11-7-4-8-12-26/h3-12,17-18,28H,13-16,19-23H2,1-2H3,(H,36,39)/t28-/m0/s1. The topological polar surface area (TPSA) is 116 Å². The van der Waals surface area contributed by atoms with Crippen molar-refractivity contribution in [2.24, 2.45) is 0 Å². The van der Waals surface area contributed by atoms with Crippen molar-refractivity contribution in [1.29, 1.82) is 0 Å². The van der Waals surface area contributed by atoms with E-state index in [9.17, 15) is 14.2 Å². The highest BCUT2D eigenvalue weighted by Crippen LogP contribution is 2.56. The van der Waals surface area contributed by atoms with Gasteiger partial charge in [0.25, 0.3) is 0 Å². The Morgan fingerprint density at radius 3 is 2.04 bits per heavy atom. The van der Waals surface area contributed by atoms with Crippen LogP contribution in [-0.4, -0.2) is 63.6 Å². The van der Waals surface area contributed by atoms with Gasteiger partial charge in [0.1, 0.15) is 17.4 Å². The number of carbonyl (C=O) groups is 2. The number of cyclic esters (lactones) is 1. The molecule has 2 aliphatic rings. The number of phosphoric ester groups is 1. The Morgan fingerprint density at radius 1 is 0.979 bits per heavy atom. The van der Waals surface area contributed by atoms with Crippen LogP contribution in [-0.2, 0) is 45.6 Å². The molecule has 3 aromatic rings. The third-order valence-electron chi connectivity index (χ3n) is 7.93. The summed E-state index contributed by atoms with van der Waals surface area (Å²) in [5.41, 5.74) is 0.153. The first-order chi connectivity index (χ1) is 22.6. The molecule has 2 fully saturated rings. The van der Waals surface area contributed by atoms with Gasteiger partial charge in [-0.3, -0.25) is 23.3 Å². The molecule has 1 atom stereocenters.